The van der Waals surface area contributed by atoms with Crippen LogP contribution >= 0.6 is 35.0 Å². The number of hydrogen-bond donors (Lipinski definition) is 1. The smallest absolute Gasteiger partial charge is 0.0546 e. The highest BCUT2D eigenvalue weighted by Gasteiger charge is 2.08. The van der Waals surface area contributed by atoms with E-state index in [-0.39, 0.29) is 0 Å². The third-order valence-electron chi connectivity index (χ3n) is 2.70. The number of hydrogen-bond acceptors (Lipinski definition) is 2. The lowest BCUT2D eigenvalue weighted by Crippen LogP contribution is -2.06. The summed E-state index contributed by atoms with van der Waals surface area (Å²) in [6, 6.07) is 12.0. The second-order valence-electron chi connectivity index (χ2n) is 4.32. The number of aryl methyl sites for hydroxylation is 1. The molecule has 0 aliphatic carbocycles. The van der Waals surface area contributed by atoms with Crippen LogP contribution in [0.4, 0.5) is 0 Å². The zero-order valence-corrected chi connectivity index (χ0v) is 13.2. The molecular weight excluding hydrogens is 297 g/mol. The molecule has 0 aromatic heterocycles. The first-order valence-corrected chi connectivity index (χ1v) is 7.54. The van der Waals surface area contributed by atoms with Crippen LogP contribution in [-0.4, -0.2) is 7.05 Å². The van der Waals surface area contributed by atoms with Gasteiger partial charge in [0.1, 0.15) is 0 Å². The molecule has 0 aliphatic heterocycles. The quantitative estimate of drug-likeness (QED) is 0.835. The van der Waals surface area contributed by atoms with E-state index >= 15 is 0 Å². The van der Waals surface area contributed by atoms with Crippen molar-refractivity contribution in [1.29, 1.82) is 0 Å². The van der Waals surface area contributed by atoms with Gasteiger partial charge in [0.2, 0.25) is 0 Å². The Kier molecular flexibility index (Phi) is 5.17. The Hall–Kier alpha value is -0.670. The average molecular weight is 312 g/mol. The number of rotatable bonds is 4. The van der Waals surface area contributed by atoms with Crippen molar-refractivity contribution in [3.05, 3.63) is 57.6 Å². The molecule has 0 spiro atoms. The topological polar surface area (TPSA) is 12.0 Å². The first kappa shape index (κ1) is 14.7. The molecule has 2 aromatic carbocycles. The van der Waals surface area contributed by atoms with Gasteiger partial charge in [0.25, 0.3) is 0 Å². The van der Waals surface area contributed by atoms with Gasteiger partial charge >= 0.3 is 0 Å². The minimum atomic E-state index is 0.703. The van der Waals surface area contributed by atoms with Gasteiger partial charge in [-0.25, -0.2) is 0 Å². The standard InChI is InChI=1S/C15H15Cl2NS/c1-10-3-6-14(11(7-10)9-18-2)19-15-8-12(16)4-5-13(15)17/h3-8,18H,9H2,1-2H3. The minimum absolute atomic E-state index is 0.703. The Morgan fingerprint density at radius 3 is 2.58 bits per heavy atom. The number of nitrogens with one attached hydrogen (secondary N) is 1. The fraction of sp³-hybridized carbons (Fsp3) is 0.200. The predicted molar refractivity (Wildman–Crippen MR) is 84.5 cm³/mol. The van der Waals surface area contributed by atoms with Gasteiger partial charge in [-0.15, -0.1) is 0 Å². The molecule has 4 heteroatoms. The number of halogens is 2. The van der Waals surface area contributed by atoms with Crippen molar-refractivity contribution in [3.63, 3.8) is 0 Å². The van der Waals surface area contributed by atoms with Gasteiger partial charge in [0.15, 0.2) is 0 Å². The SMILES string of the molecule is CNCc1cc(C)ccc1Sc1cc(Cl)ccc1Cl. The molecule has 19 heavy (non-hydrogen) atoms. The molecule has 0 unspecified atom stereocenters. The summed E-state index contributed by atoms with van der Waals surface area (Å²) in [5.74, 6) is 0. The largest absolute Gasteiger partial charge is 0.316 e. The van der Waals surface area contributed by atoms with Gasteiger partial charge < -0.3 is 5.32 Å². The minimum Gasteiger partial charge on any atom is -0.316 e. The van der Waals surface area contributed by atoms with Crippen LogP contribution in [0.1, 0.15) is 11.1 Å². The van der Waals surface area contributed by atoms with E-state index in [1.54, 1.807) is 17.8 Å². The van der Waals surface area contributed by atoms with Crippen molar-refractivity contribution in [1.82, 2.24) is 5.32 Å². The molecule has 0 aliphatic rings. The maximum absolute atomic E-state index is 6.21. The Bertz CT molecular complexity index is 584. The normalized spacial score (nSPS) is 10.7. The maximum Gasteiger partial charge on any atom is 0.0546 e. The van der Waals surface area contributed by atoms with Gasteiger partial charge in [-0.1, -0.05) is 52.7 Å². The van der Waals surface area contributed by atoms with Gasteiger partial charge in [-0.3, -0.25) is 0 Å². The van der Waals surface area contributed by atoms with E-state index in [9.17, 15) is 0 Å². The summed E-state index contributed by atoms with van der Waals surface area (Å²) in [6.45, 7) is 2.93. The Balaban J connectivity index is 2.34. The third-order valence-corrected chi connectivity index (χ3v) is 4.55. The average Bonchev–Trinajstić information content (AvgIpc) is 2.37. The highest BCUT2D eigenvalue weighted by Crippen LogP contribution is 2.36. The van der Waals surface area contributed by atoms with Crippen molar-refractivity contribution in [2.24, 2.45) is 0 Å². The Morgan fingerprint density at radius 1 is 1.05 bits per heavy atom. The van der Waals surface area contributed by atoms with E-state index in [4.69, 9.17) is 23.2 Å². The molecule has 2 aromatic rings. The molecule has 2 rings (SSSR count). The van der Waals surface area contributed by atoms with Crippen molar-refractivity contribution in [2.75, 3.05) is 7.05 Å². The molecule has 1 N–H and O–H groups in total. The summed E-state index contributed by atoms with van der Waals surface area (Å²) in [4.78, 5) is 2.18. The fourth-order valence-electron chi connectivity index (χ4n) is 1.81. The van der Waals surface area contributed by atoms with Crippen LogP contribution in [0, 0.1) is 6.92 Å². The van der Waals surface area contributed by atoms with Crippen molar-refractivity contribution in [2.45, 2.75) is 23.3 Å². The predicted octanol–water partition coefficient (Wildman–Crippen LogP) is 5.17. The molecule has 100 valence electrons. The van der Waals surface area contributed by atoms with Gasteiger partial charge in [0.05, 0.1) is 5.02 Å². The number of benzene rings is 2. The summed E-state index contributed by atoms with van der Waals surface area (Å²) in [5, 5.41) is 4.62. The third kappa shape index (κ3) is 3.90. The van der Waals surface area contributed by atoms with Crippen LogP contribution in [0.2, 0.25) is 10.0 Å². The Morgan fingerprint density at radius 2 is 1.84 bits per heavy atom. The molecule has 0 bridgehead atoms. The lowest BCUT2D eigenvalue weighted by atomic mass is 10.1. The van der Waals surface area contributed by atoms with Gasteiger partial charge in [-0.05, 0) is 43.8 Å². The highest BCUT2D eigenvalue weighted by molar-refractivity contribution is 7.99. The van der Waals surface area contributed by atoms with Crippen molar-refractivity contribution in [3.8, 4) is 0 Å². The fourth-order valence-corrected chi connectivity index (χ4v) is 3.27. The Labute approximate surface area is 128 Å². The van der Waals surface area contributed by atoms with Crippen LogP contribution < -0.4 is 5.32 Å². The lowest BCUT2D eigenvalue weighted by molar-refractivity contribution is 0.802. The summed E-state index contributed by atoms with van der Waals surface area (Å²) in [6.07, 6.45) is 0. The van der Waals surface area contributed by atoms with E-state index in [2.05, 4.69) is 30.4 Å². The first-order chi connectivity index (χ1) is 9.10. The zero-order valence-electron chi connectivity index (χ0n) is 10.8. The van der Waals surface area contributed by atoms with E-state index in [0.717, 1.165) is 16.5 Å². The summed E-state index contributed by atoms with van der Waals surface area (Å²) >= 11 is 13.9. The molecular formula is C15H15Cl2NS. The molecule has 0 saturated heterocycles. The van der Waals surface area contributed by atoms with Gasteiger partial charge in [-0.2, -0.15) is 0 Å². The molecule has 0 saturated carbocycles. The summed E-state index contributed by atoms with van der Waals surface area (Å²) in [5.41, 5.74) is 2.52. The molecule has 1 nitrogen and oxygen atoms in total. The first-order valence-electron chi connectivity index (χ1n) is 5.97. The van der Waals surface area contributed by atoms with Gasteiger partial charge in [0, 0.05) is 21.4 Å². The van der Waals surface area contributed by atoms with E-state index < -0.39 is 0 Å². The summed E-state index contributed by atoms with van der Waals surface area (Å²) in [7, 11) is 1.95. The lowest BCUT2D eigenvalue weighted by Gasteiger charge is -2.11. The van der Waals surface area contributed by atoms with E-state index in [1.807, 2.05) is 19.2 Å². The second-order valence-corrected chi connectivity index (χ2v) is 6.25. The summed E-state index contributed by atoms with van der Waals surface area (Å²) < 4.78 is 0. The van der Waals surface area contributed by atoms with Crippen molar-refractivity contribution < 1.29 is 0 Å². The molecule has 0 radical (unpaired) electrons. The van der Waals surface area contributed by atoms with Crippen molar-refractivity contribution >= 4 is 35.0 Å². The molecule has 0 heterocycles. The molecule has 0 fully saturated rings. The van der Waals surface area contributed by atoms with E-state index in [0.29, 0.717) is 5.02 Å². The zero-order chi connectivity index (χ0) is 13.8. The molecule has 0 atom stereocenters. The monoisotopic (exact) mass is 311 g/mol. The van der Waals surface area contributed by atoms with Crippen LogP contribution in [0.3, 0.4) is 0 Å². The van der Waals surface area contributed by atoms with Crippen LogP contribution in [0.25, 0.3) is 0 Å². The van der Waals surface area contributed by atoms with Crippen LogP contribution in [-0.2, 0) is 6.54 Å². The van der Waals surface area contributed by atoms with Crippen LogP contribution in [0.15, 0.2) is 46.2 Å². The second kappa shape index (κ2) is 6.67. The molecule has 0 amide bonds. The van der Waals surface area contributed by atoms with E-state index in [1.165, 1.54) is 16.0 Å². The highest BCUT2D eigenvalue weighted by atomic mass is 35.5. The van der Waals surface area contributed by atoms with Crippen LogP contribution in [0.5, 0.6) is 0 Å². The maximum atomic E-state index is 6.21.